The average Bonchev–Trinajstić information content (AvgIpc) is 2.72. The van der Waals surface area contributed by atoms with Crippen molar-refractivity contribution in [3.8, 4) is 0 Å². The molecule has 1 aliphatic heterocycles. The lowest BCUT2D eigenvalue weighted by Gasteiger charge is -2.34. The van der Waals surface area contributed by atoms with Crippen molar-refractivity contribution in [1.29, 1.82) is 0 Å². The van der Waals surface area contributed by atoms with Crippen LogP contribution in [0.5, 0.6) is 0 Å². The Kier molecular flexibility index (Phi) is 5.62. The Morgan fingerprint density at radius 1 is 0.897 bits per heavy atom. The van der Waals surface area contributed by atoms with Gasteiger partial charge in [0, 0.05) is 37.8 Å². The second-order valence-corrected chi connectivity index (χ2v) is 7.99. The third-order valence-corrected chi connectivity index (χ3v) is 5.54. The molecule has 10 nitrogen and oxygen atoms in total. The molecule has 1 aliphatic rings. The van der Waals surface area contributed by atoms with Gasteiger partial charge in [0.15, 0.2) is 0 Å². The van der Waals surface area contributed by atoms with E-state index >= 15 is 0 Å². The van der Waals surface area contributed by atoms with Crippen molar-refractivity contribution in [2.24, 2.45) is 5.14 Å². The summed E-state index contributed by atoms with van der Waals surface area (Å²) in [5.41, 5.74) is 0.0534. The normalized spacial score (nSPS) is 14.5. The molecule has 29 heavy (non-hydrogen) atoms. The molecule has 152 valence electrons. The molecule has 2 aromatic rings. The Bertz CT molecular complexity index is 1060. The molecule has 0 unspecified atom stereocenters. The predicted molar refractivity (Wildman–Crippen MR) is 103 cm³/mol. The number of rotatable bonds is 4. The number of piperazine rings is 1. The Balaban J connectivity index is 1.67. The topological polar surface area (TPSA) is 144 Å². The Morgan fingerprint density at radius 3 is 1.93 bits per heavy atom. The van der Waals surface area contributed by atoms with Crippen molar-refractivity contribution in [3.63, 3.8) is 0 Å². The van der Waals surface area contributed by atoms with Crippen LogP contribution >= 0.6 is 0 Å². The fourth-order valence-corrected chi connectivity index (χ4v) is 3.58. The fraction of sp³-hybridized carbons (Fsp3) is 0.222. The van der Waals surface area contributed by atoms with E-state index in [0.717, 1.165) is 0 Å². The van der Waals surface area contributed by atoms with E-state index in [1.807, 2.05) is 0 Å². The summed E-state index contributed by atoms with van der Waals surface area (Å²) in [7, 11) is -3.84. The van der Waals surface area contributed by atoms with Gasteiger partial charge in [0.2, 0.25) is 10.0 Å². The van der Waals surface area contributed by atoms with Crippen LogP contribution in [0.15, 0.2) is 53.4 Å². The van der Waals surface area contributed by atoms with E-state index in [9.17, 15) is 28.1 Å². The molecule has 0 aliphatic carbocycles. The standard InChI is InChI=1S/C18H18N4O6S/c19-29(27,28)14-7-5-13(6-8-14)17(23)20-9-11-21(12-10-20)18(24)15-3-1-2-4-16(15)22(25)26/h1-8H,9-12H2,(H2,19,27,28). The number of nitrogens with two attached hydrogens (primary N) is 1. The SMILES string of the molecule is NS(=O)(=O)c1ccc(C(=O)N2CCN(C(=O)c3ccccc3[N+](=O)[O-])CC2)cc1. The van der Waals surface area contributed by atoms with Crippen molar-refractivity contribution < 1.29 is 22.9 Å². The van der Waals surface area contributed by atoms with Crippen molar-refractivity contribution in [2.45, 2.75) is 4.90 Å². The number of hydrogen-bond donors (Lipinski definition) is 1. The Morgan fingerprint density at radius 2 is 1.41 bits per heavy atom. The number of amides is 2. The maximum Gasteiger partial charge on any atom is 0.282 e. The van der Waals surface area contributed by atoms with E-state index in [2.05, 4.69) is 0 Å². The van der Waals surface area contributed by atoms with E-state index in [-0.39, 0.29) is 48.2 Å². The Labute approximate surface area is 166 Å². The number of nitro groups is 1. The van der Waals surface area contributed by atoms with Crippen LogP contribution in [0.25, 0.3) is 0 Å². The maximum atomic E-state index is 12.7. The summed E-state index contributed by atoms with van der Waals surface area (Å²) < 4.78 is 22.6. The molecular formula is C18H18N4O6S. The van der Waals surface area contributed by atoms with E-state index in [1.54, 1.807) is 6.07 Å². The highest BCUT2D eigenvalue weighted by atomic mass is 32.2. The molecule has 11 heteroatoms. The van der Waals surface area contributed by atoms with E-state index in [0.29, 0.717) is 5.56 Å². The fourth-order valence-electron chi connectivity index (χ4n) is 3.07. The molecule has 3 rings (SSSR count). The van der Waals surface area contributed by atoms with Gasteiger partial charge in [-0.25, -0.2) is 13.6 Å². The summed E-state index contributed by atoms with van der Waals surface area (Å²) in [6.07, 6.45) is 0. The van der Waals surface area contributed by atoms with Gasteiger partial charge >= 0.3 is 0 Å². The molecule has 1 saturated heterocycles. The number of carbonyl (C=O) groups excluding carboxylic acids is 2. The van der Waals surface area contributed by atoms with E-state index in [1.165, 1.54) is 52.3 Å². The molecule has 0 atom stereocenters. The van der Waals surface area contributed by atoms with Crippen LogP contribution in [0, 0.1) is 10.1 Å². The molecule has 1 heterocycles. The van der Waals surface area contributed by atoms with E-state index in [4.69, 9.17) is 5.14 Å². The van der Waals surface area contributed by atoms with Gasteiger partial charge in [0.05, 0.1) is 9.82 Å². The Hall–Kier alpha value is -3.31. The number of benzene rings is 2. The number of primary sulfonamides is 1. The summed E-state index contributed by atoms with van der Waals surface area (Å²) in [6.45, 7) is 0.960. The molecule has 2 amide bonds. The molecule has 2 aromatic carbocycles. The van der Waals surface area contributed by atoms with Crippen LogP contribution in [0.2, 0.25) is 0 Å². The first-order valence-electron chi connectivity index (χ1n) is 8.63. The number of sulfonamides is 1. The summed E-state index contributed by atoms with van der Waals surface area (Å²) in [5.74, 6) is -0.759. The van der Waals surface area contributed by atoms with Crippen molar-refractivity contribution in [3.05, 3.63) is 69.8 Å². The smallest absolute Gasteiger partial charge is 0.282 e. The summed E-state index contributed by atoms with van der Waals surface area (Å²) >= 11 is 0. The lowest BCUT2D eigenvalue weighted by Crippen LogP contribution is -2.50. The summed E-state index contributed by atoms with van der Waals surface area (Å²) in [5, 5.41) is 16.2. The molecule has 0 spiro atoms. The summed E-state index contributed by atoms with van der Waals surface area (Å²) in [4.78, 5) is 38.7. The quantitative estimate of drug-likeness (QED) is 0.575. The second kappa shape index (κ2) is 7.97. The van der Waals surface area contributed by atoms with Gasteiger partial charge < -0.3 is 9.80 Å². The predicted octanol–water partition coefficient (Wildman–Crippen LogP) is 0.840. The molecule has 0 bridgehead atoms. The van der Waals surface area contributed by atoms with Crippen LogP contribution in [0.1, 0.15) is 20.7 Å². The van der Waals surface area contributed by atoms with Gasteiger partial charge in [-0.15, -0.1) is 0 Å². The minimum atomic E-state index is -3.84. The zero-order valence-corrected chi connectivity index (χ0v) is 16.0. The third kappa shape index (κ3) is 4.41. The molecule has 1 fully saturated rings. The van der Waals surface area contributed by atoms with Crippen molar-refractivity contribution >= 4 is 27.5 Å². The first kappa shape index (κ1) is 20.4. The third-order valence-electron chi connectivity index (χ3n) is 4.62. The highest BCUT2D eigenvalue weighted by Gasteiger charge is 2.29. The lowest BCUT2D eigenvalue weighted by molar-refractivity contribution is -0.385. The van der Waals surface area contributed by atoms with Crippen molar-refractivity contribution in [1.82, 2.24) is 9.80 Å². The van der Waals surface area contributed by atoms with Crippen LogP contribution in [-0.2, 0) is 10.0 Å². The largest absolute Gasteiger partial charge is 0.335 e. The monoisotopic (exact) mass is 418 g/mol. The molecular weight excluding hydrogens is 400 g/mol. The highest BCUT2D eigenvalue weighted by Crippen LogP contribution is 2.21. The van der Waals surface area contributed by atoms with Gasteiger partial charge in [0.25, 0.3) is 17.5 Å². The first-order chi connectivity index (χ1) is 13.7. The first-order valence-corrected chi connectivity index (χ1v) is 10.2. The zero-order chi connectivity index (χ0) is 21.2. The van der Waals surface area contributed by atoms with Crippen LogP contribution in [0.3, 0.4) is 0 Å². The minimum Gasteiger partial charge on any atom is -0.335 e. The number of carbonyl (C=O) groups is 2. The van der Waals surface area contributed by atoms with Gasteiger partial charge in [-0.3, -0.25) is 19.7 Å². The summed E-state index contributed by atoms with van der Waals surface area (Å²) in [6, 6.07) is 11.0. The number of hydrogen-bond acceptors (Lipinski definition) is 6. The van der Waals surface area contributed by atoms with Gasteiger partial charge in [-0.1, -0.05) is 12.1 Å². The molecule has 0 saturated carbocycles. The number of para-hydroxylation sites is 1. The zero-order valence-electron chi connectivity index (χ0n) is 15.2. The van der Waals surface area contributed by atoms with Gasteiger partial charge in [-0.2, -0.15) is 0 Å². The van der Waals surface area contributed by atoms with Crippen LogP contribution < -0.4 is 5.14 Å². The van der Waals surface area contributed by atoms with E-state index < -0.39 is 20.9 Å². The highest BCUT2D eigenvalue weighted by molar-refractivity contribution is 7.89. The molecule has 2 N–H and O–H groups in total. The van der Waals surface area contributed by atoms with Gasteiger partial charge in [0.1, 0.15) is 5.56 Å². The second-order valence-electron chi connectivity index (χ2n) is 6.43. The maximum absolute atomic E-state index is 12.7. The molecule has 0 radical (unpaired) electrons. The number of nitrogens with zero attached hydrogens (tertiary/aromatic N) is 3. The number of nitro benzene ring substituents is 1. The average molecular weight is 418 g/mol. The molecule has 0 aromatic heterocycles. The lowest BCUT2D eigenvalue weighted by atomic mass is 10.1. The van der Waals surface area contributed by atoms with Gasteiger partial charge in [-0.05, 0) is 30.3 Å². The van der Waals surface area contributed by atoms with Crippen molar-refractivity contribution in [2.75, 3.05) is 26.2 Å². The van der Waals surface area contributed by atoms with Crippen LogP contribution in [-0.4, -0.2) is 61.1 Å². The minimum absolute atomic E-state index is 0.0101. The van der Waals surface area contributed by atoms with Crippen LogP contribution in [0.4, 0.5) is 5.69 Å².